The number of aromatic nitrogens is 3. The van der Waals surface area contributed by atoms with Crippen molar-refractivity contribution in [3.8, 4) is 33.6 Å². The Morgan fingerprint density at radius 2 is 1.34 bits per heavy atom. The molecular formula is C30H23N3O2. The molecule has 0 bridgehead atoms. The van der Waals surface area contributed by atoms with Crippen LogP contribution in [0.2, 0.25) is 0 Å². The second-order valence-electron chi connectivity index (χ2n) is 9.02. The molecule has 0 atom stereocenters. The lowest BCUT2D eigenvalue weighted by Crippen LogP contribution is -2.07. The van der Waals surface area contributed by atoms with Gasteiger partial charge >= 0.3 is 5.63 Å². The summed E-state index contributed by atoms with van der Waals surface area (Å²) >= 11 is 0. The third kappa shape index (κ3) is 3.71. The summed E-state index contributed by atoms with van der Waals surface area (Å²) in [6.45, 7) is 6.12. The van der Waals surface area contributed by atoms with Crippen molar-refractivity contribution in [2.45, 2.75) is 20.8 Å². The van der Waals surface area contributed by atoms with E-state index < -0.39 is 0 Å². The SMILES string of the molecule is Cc1ccc(-c2cc3nc(-c4c(-c5ccc(C)cc5)c(=O)oc5ccc(C)cc45)ccn3n2)cc1. The van der Waals surface area contributed by atoms with Gasteiger partial charge in [0.25, 0.3) is 0 Å². The molecule has 0 fully saturated rings. The fourth-order valence-electron chi connectivity index (χ4n) is 4.45. The lowest BCUT2D eigenvalue weighted by molar-refractivity contribution is 0.564. The van der Waals surface area contributed by atoms with Gasteiger partial charge in [0.05, 0.1) is 17.0 Å². The van der Waals surface area contributed by atoms with Crippen molar-refractivity contribution in [2.24, 2.45) is 0 Å². The molecule has 6 rings (SSSR count). The van der Waals surface area contributed by atoms with Gasteiger partial charge < -0.3 is 4.42 Å². The molecular weight excluding hydrogens is 434 g/mol. The van der Waals surface area contributed by atoms with Crippen LogP contribution in [0.5, 0.6) is 0 Å². The van der Waals surface area contributed by atoms with E-state index in [9.17, 15) is 4.79 Å². The Hall–Kier alpha value is -4.51. The zero-order valence-electron chi connectivity index (χ0n) is 19.7. The van der Waals surface area contributed by atoms with Crippen LogP contribution in [-0.4, -0.2) is 14.6 Å². The van der Waals surface area contributed by atoms with Crippen molar-refractivity contribution in [1.82, 2.24) is 14.6 Å². The third-order valence-electron chi connectivity index (χ3n) is 6.33. The minimum Gasteiger partial charge on any atom is -0.422 e. The first-order valence-corrected chi connectivity index (χ1v) is 11.5. The number of benzene rings is 3. The zero-order valence-corrected chi connectivity index (χ0v) is 19.7. The Bertz CT molecular complexity index is 1780. The lowest BCUT2D eigenvalue weighted by Gasteiger charge is -2.12. The molecule has 5 nitrogen and oxygen atoms in total. The first-order chi connectivity index (χ1) is 17.0. The second kappa shape index (κ2) is 8.06. The van der Waals surface area contributed by atoms with E-state index >= 15 is 0 Å². The zero-order chi connectivity index (χ0) is 24.1. The van der Waals surface area contributed by atoms with Gasteiger partial charge in [-0.3, -0.25) is 0 Å². The van der Waals surface area contributed by atoms with Gasteiger partial charge in [0, 0.05) is 28.8 Å². The predicted molar refractivity (Wildman–Crippen MR) is 140 cm³/mol. The van der Waals surface area contributed by atoms with Crippen molar-refractivity contribution in [3.05, 3.63) is 112 Å². The van der Waals surface area contributed by atoms with E-state index in [1.807, 2.05) is 74.6 Å². The molecule has 0 saturated carbocycles. The Morgan fingerprint density at radius 3 is 2.06 bits per heavy atom. The molecule has 3 heterocycles. The first kappa shape index (κ1) is 21.1. The van der Waals surface area contributed by atoms with Crippen LogP contribution in [0.25, 0.3) is 50.3 Å². The molecule has 170 valence electrons. The maximum atomic E-state index is 13.3. The summed E-state index contributed by atoms with van der Waals surface area (Å²) in [6, 6.07) is 25.9. The van der Waals surface area contributed by atoms with E-state index in [0.29, 0.717) is 22.5 Å². The number of fused-ring (bicyclic) bond motifs is 2. The maximum Gasteiger partial charge on any atom is 0.344 e. The number of nitrogens with zero attached hydrogens (tertiary/aromatic N) is 3. The molecule has 6 aromatic rings. The first-order valence-electron chi connectivity index (χ1n) is 11.5. The van der Waals surface area contributed by atoms with Crippen LogP contribution in [0.1, 0.15) is 16.7 Å². The highest BCUT2D eigenvalue weighted by molar-refractivity contribution is 6.00. The second-order valence-corrected chi connectivity index (χ2v) is 9.02. The molecule has 0 amide bonds. The standard InChI is InChI=1S/C30H23N3O2/c1-18-4-9-21(10-5-18)25-17-27-31-24(14-15-33(27)32-25)29-23-16-20(3)8-13-26(23)35-30(34)28(29)22-11-6-19(2)7-12-22/h4-17H,1-3H3. The molecule has 3 aromatic carbocycles. The highest BCUT2D eigenvalue weighted by atomic mass is 16.4. The smallest absolute Gasteiger partial charge is 0.344 e. The van der Waals surface area contributed by atoms with E-state index in [1.165, 1.54) is 5.56 Å². The Kier molecular flexibility index (Phi) is 4.85. The number of rotatable bonds is 3. The van der Waals surface area contributed by atoms with Crippen LogP contribution < -0.4 is 5.63 Å². The van der Waals surface area contributed by atoms with Gasteiger partial charge in [-0.1, -0.05) is 71.3 Å². The van der Waals surface area contributed by atoms with Crippen molar-refractivity contribution in [1.29, 1.82) is 0 Å². The number of aryl methyl sites for hydroxylation is 3. The minimum atomic E-state index is -0.379. The molecule has 3 aromatic heterocycles. The summed E-state index contributed by atoms with van der Waals surface area (Å²) in [6.07, 6.45) is 1.89. The van der Waals surface area contributed by atoms with Crippen molar-refractivity contribution < 1.29 is 4.42 Å². The minimum absolute atomic E-state index is 0.379. The van der Waals surface area contributed by atoms with Gasteiger partial charge in [-0.25, -0.2) is 14.3 Å². The van der Waals surface area contributed by atoms with Crippen LogP contribution in [0.4, 0.5) is 0 Å². The summed E-state index contributed by atoms with van der Waals surface area (Å²) in [5, 5.41) is 5.56. The molecule has 0 unspecified atom stereocenters. The van der Waals surface area contributed by atoms with Gasteiger partial charge in [0.2, 0.25) is 0 Å². The van der Waals surface area contributed by atoms with E-state index in [0.717, 1.165) is 38.9 Å². The highest BCUT2D eigenvalue weighted by Gasteiger charge is 2.20. The van der Waals surface area contributed by atoms with Crippen LogP contribution in [0.3, 0.4) is 0 Å². The van der Waals surface area contributed by atoms with Gasteiger partial charge in [0.1, 0.15) is 5.58 Å². The summed E-state index contributed by atoms with van der Waals surface area (Å²) in [7, 11) is 0. The average molecular weight is 458 g/mol. The van der Waals surface area contributed by atoms with Gasteiger partial charge in [-0.2, -0.15) is 5.10 Å². The van der Waals surface area contributed by atoms with E-state index in [-0.39, 0.29) is 5.63 Å². The van der Waals surface area contributed by atoms with Crippen LogP contribution in [0, 0.1) is 20.8 Å². The molecule has 0 radical (unpaired) electrons. The van der Waals surface area contributed by atoms with E-state index in [4.69, 9.17) is 14.5 Å². The maximum absolute atomic E-state index is 13.3. The van der Waals surface area contributed by atoms with Crippen LogP contribution in [0.15, 0.2) is 94.3 Å². The van der Waals surface area contributed by atoms with Gasteiger partial charge in [-0.05, 0) is 44.5 Å². The van der Waals surface area contributed by atoms with E-state index in [2.05, 4.69) is 31.2 Å². The summed E-state index contributed by atoms with van der Waals surface area (Å²) in [5.41, 5.74) is 8.94. The quantitative estimate of drug-likeness (QED) is 0.275. The summed E-state index contributed by atoms with van der Waals surface area (Å²) in [5.74, 6) is 0. The molecule has 0 saturated heterocycles. The number of hydrogen-bond donors (Lipinski definition) is 0. The molecule has 0 N–H and O–H groups in total. The third-order valence-corrected chi connectivity index (χ3v) is 6.33. The molecule has 0 aliphatic carbocycles. The summed E-state index contributed by atoms with van der Waals surface area (Å²) in [4.78, 5) is 18.2. The molecule has 0 aliphatic rings. The topological polar surface area (TPSA) is 60.4 Å². The monoisotopic (exact) mass is 457 g/mol. The molecule has 0 spiro atoms. The van der Waals surface area contributed by atoms with Crippen LogP contribution in [-0.2, 0) is 0 Å². The summed E-state index contributed by atoms with van der Waals surface area (Å²) < 4.78 is 7.52. The average Bonchev–Trinajstić information content (AvgIpc) is 3.28. The van der Waals surface area contributed by atoms with Crippen molar-refractivity contribution >= 4 is 16.6 Å². The Labute approximate surface area is 202 Å². The fraction of sp³-hybridized carbons (Fsp3) is 0.100. The van der Waals surface area contributed by atoms with Gasteiger partial charge in [-0.15, -0.1) is 0 Å². The number of hydrogen-bond acceptors (Lipinski definition) is 4. The lowest BCUT2D eigenvalue weighted by atomic mass is 9.95. The predicted octanol–water partition coefficient (Wildman–Crippen LogP) is 6.76. The van der Waals surface area contributed by atoms with E-state index in [1.54, 1.807) is 4.52 Å². The Balaban J connectivity index is 1.61. The Morgan fingerprint density at radius 1 is 0.686 bits per heavy atom. The normalized spacial score (nSPS) is 11.4. The molecule has 0 aliphatic heterocycles. The van der Waals surface area contributed by atoms with Gasteiger partial charge in [0.15, 0.2) is 5.65 Å². The van der Waals surface area contributed by atoms with Crippen molar-refractivity contribution in [3.63, 3.8) is 0 Å². The highest BCUT2D eigenvalue weighted by Crippen LogP contribution is 2.36. The largest absolute Gasteiger partial charge is 0.422 e. The molecule has 35 heavy (non-hydrogen) atoms. The van der Waals surface area contributed by atoms with Crippen molar-refractivity contribution in [2.75, 3.05) is 0 Å². The van der Waals surface area contributed by atoms with Crippen LogP contribution >= 0.6 is 0 Å². The fourth-order valence-corrected chi connectivity index (χ4v) is 4.45. The molecule has 5 heteroatoms.